The first-order valence-electron chi connectivity index (χ1n) is 5.96. The van der Waals surface area contributed by atoms with E-state index in [4.69, 9.17) is 5.73 Å². The van der Waals surface area contributed by atoms with Gasteiger partial charge in [-0.15, -0.1) is 21.5 Å². The molecule has 0 unspecified atom stereocenters. The van der Waals surface area contributed by atoms with Crippen molar-refractivity contribution in [2.75, 3.05) is 24.7 Å². The Morgan fingerprint density at radius 1 is 1.00 bits per heavy atom. The van der Waals surface area contributed by atoms with Crippen LogP contribution in [0.3, 0.4) is 0 Å². The van der Waals surface area contributed by atoms with Crippen LogP contribution in [0.2, 0.25) is 0 Å². The quantitative estimate of drug-likeness (QED) is 0.805. The van der Waals surface area contributed by atoms with Gasteiger partial charge in [-0.3, -0.25) is 0 Å². The molecule has 2 heterocycles. The predicted molar refractivity (Wildman–Crippen MR) is 85.2 cm³/mol. The first kappa shape index (κ1) is 13.0. The third kappa shape index (κ3) is 2.50. The van der Waals surface area contributed by atoms with Crippen molar-refractivity contribution in [3.63, 3.8) is 0 Å². The molecule has 102 valence electrons. The standard InChI is InChI=1S/C13H13N5S2/c1-18(2)9-5-3-8(4-6-9)11-15-7-10(19-11)12-16-17-13(14)20-12/h3-7H,1-2H3,(H2,14,17). The van der Waals surface area contributed by atoms with E-state index in [1.165, 1.54) is 17.0 Å². The van der Waals surface area contributed by atoms with Crippen LogP contribution in [0.15, 0.2) is 30.5 Å². The van der Waals surface area contributed by atoms with E-state index in [-0.39, 0.29) is 0 Å². The largest absolute Gasteiger partial charge is 0.378 e. The number of nitrogen functional groups attached to an aromatic ring is 1. The van der Waals surface area contributed by atoms with E-state index >= 15 is 0 Å². The van der Waals surface area contributed by atoms with Gasteiger partial charge in [0.25, 0.3) is 0 Å². The highest BCUT2D eigenvalue weighted by molar-refractivity contribution is 7.24. The summed E-state index contributed by atoms with van der Waals surface area (Å²) in [4.78, 5) is 7.51. The monoisotopic (exact) mass is 303 g/mol. The van der Waals surface area contributed by atoms with Crippen LogP contribution in [0.5, 0.6) is 0 Å². The highest BCUT2D eigenvalue weighted by Gasteiger charge is 2.10. The van der Waals surface area contributed by atoms with Crippen molar-refractivity contribution in [1.82, 2.24) is 15.2 Å². The number of hydrogen-bond acceptors (Lipinski definition) is 7. The Balaban J connectivity index is 1.90. The molecule has 7 heteroatoms. The number of anilines is 2. The summed E-state index contributed by atoms with van der Waals surface area (Å²) in [6, 6.07) is 8.32. The molecule has 5 nitrogen and oxygen atoms in total. The molecule has 0 bridgehead atoms. The summed E-state index contributed by atoms with van der Waals surface area (Å²) in [5, 5.41) is 10.1. The zero-order valence-electron chi connectivity index (χ0n) is 11.1. The molecule has 0 spiro atoms. The van der Waals surface area contributed by atoms with E-state index in [9.17, 15) is 0 Å². The van der Waals surface area contributed by atoms with Crippen LogP contribution in [0, 0.1) is 0 Å². The molecule has 20 heavy (non-hydrogen) atoms. The van der Waals surface area contributed by atoms with E-state index in [0.29, 0.717) is 5.13 Å². The van der Waals surface area contributed by atoms with Gasteiger partial charge in [0.2, 0.25) is 5.13 Å². The van der Waals surface area contributed by atoms with Crippen LogP contribution < -0.4 is 10.6 Å². The molecule has 2 N–H and O–H groups in total. The number of rotatable bonds is 3. The first-order valence-corrected chi connectivity index (χ1v) is 7.60. The summed E-state index contributed by atoms with van der Waals surface area (Å²) in [5.74, 6) is 0. The van der Waals surface area contributed by atoms with E-state index in [1.807, 2.05) is 20.3 Å². The minimum atomic E-state index is 0.477. The van der Waals surface area contributed by atoms with Gasteiger partial charge in [0.05, 0.1) is 4.88 Å². The lowest BCUT2D eigenvalue weighted by Gasteiger charge is -2.11. The second-order valence-corrected chi connectivity index (χ2v) is 6.46. The number of benzene rings is 1. The Morgan fingerprint density at radius 3 is 2.35 bits per heavy atom. The minimum Gasteiger partial charge on any atom is -0.378 e. The number of aromatic nitrogens is 3. The van der Waals surface area contributed by atoms with Gasteiger partial charge in [0.15, 0.2) is 5.01 Å². The molecule has 0 aliphatic heterocycles. The molecule has 0 saturated heterocycles. The summed E-state index contributed by atoms with van der Waals surface area (Å²) in [7, 11) is 4.05. The molecule has 0 atom stereocenters. The van der Waals surface area contributed by atoms with E-state index in [1.54, 1.807) is 11.3 Å². The number of thiazole rings is 1. The molecule has 3 rings (SSSR count). The molecule has 0 aliphatic rings. The van der Waals surface area contributed by atoms with Crippen molar-refractivity contribution < 1.29 is 0 Å². The fourth-order valence-electron chi connectivity index (χ4n) is 1.74. The van der Waals surface area contributed by atoms with Crippen LogP contribution in [-0.4, -0.2) is 29.3 Å². The molecule has 2 aromatic heterocycles. The summed E-state index contributed by atoms with van der Waals surface area (Å²) < 4.78 is 0. The van der Waals surface area contributed by atoms with Gasteiger partial charge in [-0.05, 0) is 24.3 Å². The Kier molecular flexibility index (Phi) is 3.37. The highest BCUT2D eigenvalue weighted by atomic mass is 32.1. The van der Waals surface area contributed by atoms with Gasteiger partial charge in [-0.1, -0.05) is 11.3 Å². The highest BCUT2D eigenvalue weighted by Crippen LogP contribution is 2.34. The number of nitrogens with zero attached hydrogens (tertiary/aromatic N) is 4. The zero-order chi connectivity index (χ0) is 14.1. The second-order valence-electron chi connectivity index (χ2n) is 4.42. The summed E-state index contributed by atoms with van der Waals surface area (Å²) in [6.45, 7) is 0. The van der Waals surface area contributed by atoms with Gasteiger partial charge < -0.3 is 10.6 Å². The SMILES string of the molecule is CN(C)c1ccc(-c2ncc(-c3nnc(N)s3)s2)cc1. The predicted octanol–water partition coefficient (Wildman–Crippen LogP) is 2.98. The lowest BCUT2D eigenvalue weighted by molar-refractivity contribution is 1.10. The average molecular weight is 303 g/mol. The Morgan fingerprint density at radius 2 is 1.75 bits per heavy atom. The van der Waals surface area contributed by atoms with Crippen LogP contribution >= 0.6 is 22.7 Å². The fourth-order valence-corrected chi connectivity index (χ4v) is 3.31. The van der Waals surface area contributed by atoms with E-state index in [0.717, 1.165) is 20.5 Å². The summed E-state index contributed by atoms with van der Waals surface area (Å²) in [5.41, 5.74) is 7.87. The molecule has 0 fully saturated rings. The van der Waals surface area contributed by atoms with Crippen molar-refractivity contribution in [2.24, 2.45) is 0 Å². The molecular weight excluding hydrogens is 290 g/mol. The third-order valence-corrected chi connectivity index (χ3v) is 4.76. The third-order valence-electron chi connectivity index (χ3n) is 2.79. The van der Waals surface area contributed by atoms with Crippen LogP contribution in [0.25, 0.3) is 20.5 Å². The summed E-state index contributed by atoms with van der Waals surface area (Å²) >= 11 is 2.97. The van der Waals surface area contributed by atoms with Crippen LogP contribution in [0.1, 0.15) is 0 Å². The normalized spacial score (nSPS) is 10.7. The Hall–Kier alpha value is -1.99. The van der Waals surface area contributed by atoms with Crippen molar-refractivity contribution in [2.45, 2.75) is 0 Å². The molecule has 1 aromatic carbocycles. The fraction of sp³-hybridized carbons (Fsp3) is 0.154. The maximum Gasteiger partial charge on any atom is 0.203 e. The van der Waals surface area contributed by atoms with Crippen LogP contribution in [0.4, 0.5) is 10.8 Å². The number of hydrogen-bond donors (Lipinski definition) is 1. The molecule has 0 radical (unpaired) electrons. The van der Waals surface area contributed by atoms with Crippen LogP contribution in [-0.2, 0) is 0 Å². The van der Waals surface area contributed by atoms with Gasteiger partial charge in [0.1, 0.15) is 5.01 Å². The zero-order valence-corrected chi connectivity index (χ0v) is 12.7. The molecule has 0 aliphatic carbocycles. The molecule has 3 aromatic rings. The maximum absolute atomic E-state index is 5.60. The van der Waals surface area contributed by atoms with Gasteiger partial charge >= 0.3 is 0 Å². The van der Waals surface area contributed by atoms with E-state index in [2.05, 4.69) is 44.3 Å². The minimum absolute atomic E-state index is 0.477. The molecule has 0 amide bonds. The average Bonchev–Trinajstić information content (AvgIpc) is 3.07. The second kappa shape index (κ2) is 5.18. The van der Waals surface area contributed by atoms with Gasteiger partial charge in [0, 0.05) is 31.5 Å². The maximum atomic E-state index is 5.60. The Bertz CT molecular complexity index is 714. The molecule has 0 saturated carbocycles. The van der Waals surface area contributed by atoms with E-state index < -0.39 is 0 Å². The lowest BCUT2D eigenvalue weighted by atomic mass is 10.2. The lowest BCUT2D eigenvalue weighted by Crippen LogP contribution is -2.07. The Labute approximate surface area is 124 Å². The van der Waals surface area contributed by atoms with Crippen molar-refractivity contribution >= 4 is 33.5 Å². The molecular formula is C13H13N5S2. The first-order chi connectivity index (χ1) is 9.63. The number of nitrogens with two attached hydrogens (primary N) is 1. The van der Waals surface area contributed by atoms with Crippen molar-refractivity contribution in [1.29, 1.82) is 0 Å². The van der Waals surface area contributed by atoms with Crippen molar-refractivity contribution in [3.8, 4) is 20.5 Å². The smallest absolute Gasteiger partial charge is 0.203 e. The topological polar surface area (TPSA) is 67.9 Å². The van der Waals surface area contributed by atoms with Gasteiger partial charge in [-0.25, -0.2) is 4.98 Å². The summed E-state index contributed by atoms with van der Waals surface area (Å²) in [6.07, 6.45) is 1.82. The van der Waals surface area contributed by atoms with Crippen molar-refractivity contribution in [3.05, 3.63) is 30.5 Å². The van der Waals surface area contributed by atoms with Gasteiger partial charge in [-0.2, -0.15) is 0 Å².